The zero-order chi connectivity index (χ0) is 18.4. The normalized spacial score (nSPS) is 20.4. The van der Waals surface area contributed by atoms with E-state index in [4.69, 9.17) is 4.74 Å². The molecule has 2 aliphatic rings. The highest BCUT2D eigenvalue weighted by molar-refractivity contribution is 9.10. The lowest BCUT2D eigenvalue weighted by Crippen LogP contribution is -2.60. The molecule has 0 aromatic heterocycles. The molecule has 7 nitrogen and oxygen atoms in total. The van der Waals surface area contributed by atoms with Crippen LogP contribution in [0.3, 0.4) is 0 Å². The van der Waals surface area contributed by atoms with E-state index in [-0.39, 0.29) is 24.9 Å². The number of amides is 3. The van der Waals surface area contributed by atoms with Gasteiger partial charge in [-0.1, -0.05) is 15.9 Å². The number of piperazine rings is 1. The molecule has 1 aromatic carbocycles. The maximum atomic E-state index is 12.9. The van der Waals surface area contributed by atoms with Crippen LogP contribution in [0.2, 0.25) is 0 Å². The Labute approximate surface area is 154 Å². The van der Waals surface area contributed by atoms with Gasteiger partial charge < -0.3 is 19.9 Å². The van der Waals surface area contributed by atoms with E-state index in [1.807, 2.05) is 0 Å². The van der Waals surface area contributed by atoms with E-state index in [0.29, 0.717) is 17.8 Å². The lowest BCUT2D eigenvalue weighted by molar-refractivity contribution is -0.122. The average molecular weight is 410 g/mol. The van der Waals surface area contributed by atoms with Gasteiger partial charge in [0.25, 0.3) is 5.91 Å². The quantitative estimate of drug-likeness (QED) is 0.713. The van der Waals surface area contributed by atoms with Gasteiger partial charge in [0.15, 0.2) is 0 Å². The fourth-order valence-corrected chi connectivity index (χ4v) is 3.28. The average Bonchev–Trinajstić information content (AvgIpc) is 2.62. The van der Waals surface area contributed by atoms with Crippen molar-refractivity contribution in [1.29, 1.82) is 0 Å². The fraction of sp³-hybridized carbons (Fsp3) is 0.471. The molecule has 0 aliphatic carbocycles. The minimum absolute atomic E-state index is 0.113. The Morgan fingerprint density at radius 2 is 2.00 bits per heavy atom. The van der Waals surface area contributed by atoms with E-state index in [1.165, 1.54) is 9.80 Å². The summed E-state index contributed by atoms with van der Waals surface area (Å²) < 4.78 is 6.14. The number of hydrogen-bond donors (Lipinski definition) is 1. The van der Waals surface area contributed by atoms with Gasteiger partial charge >= 0.3 is 6.09 Å². The van der Waals surface area contributed by atoms with Crippen LogP contribution >= 0.6 is 15.9 Å². The van der Waals surface area contributed by atoms with Gasteiger partial charge in [-0.3, -0.25) is 9.59 Å². The van der Waals surface area contributed by atoms with Crippen molar-refractivity contribution in [3.63, 3.8) is 0 Å². The van der Waals surface area contributed by atoms with Gasteiger partial charge in [-0.25, -0.2) is 4.79 Å². The molecular weight excluding hydrogens is 390 g/mol. The van der Waals surface area contributed by atoms with Crippen molar-refractivity contribution in [3.8, 4) is 0 Å². The molecule has 8 heteroatoms. The van der Waals surface area contributed by atoms with Gasteiger partial charge in [0, 0.05) is 17.6 Å². The fourth-order valence-electron chi connectivity index (χ4n) is 2.92. The third-order valence-electron chi connectivity index (χ3n) is 4.07. The van der Waals surface area contributed by atoms with Crippen molar-refractivity contribution in [2.75, 3.05) is 25.0 Å². The van der Waals surface area contributed by atoms with Crippen molar-refractivity contribution in [2.45, 2.75) is 32.4 Å². The first kappa shape index (κ1) is 17.7. The number of ether oxygens (including phenoxy) is 1. The Hall–Kier alpha value is -2.09. The van der Waals surface area contributed by atoms with Crippen LogP contribution in [0.4, 0.5) is 10.5 Å². The molecule has 25 heavy (non-hydrogen) atoms. The number of halogens is 1. The third-order valence-corrected chi connectivity index (χ3v) is 4.56. The summed E-state index contributed by atoms with van der Waals surface area (Å²) in [6, 6.07) is 4.42. The van der Waals surface area contributed by atoms with Gasteiger partial charge in [-0.05, 0) is 39.0 Å². The number of rotatable bonds is 0. The minimum Gasteiger partial charge on any atom is -0.444 e. The van der Waals surface area contributed by atoms with Crippen molar-refractivity contribution in [3.05, 3.63) is 28.2 Å². The largest absolute Gasteiger partial charge is 0.444 e. The Bertz CT molecular complexity index is 744. The summed E-state index contributed by atoms with van der Waals surface area (Å²) in [5.41, 5.74) is 0.311. The number of nitrogens with zero attached hydrogens (tertiary/aromatic N) is 2. The minimum atomic E-state index is -0.736. The van der Waals surface area contributed by atoms with E-state index in [0.717, 1.165) is 4.47 Å². The summed E-state index contributed by atoms with van der Waals surface area (Å²) in [5, 5.41) is 2.79. The van der Waals surface area contributed by atoms with Crippen LogP contribution in [-0.4, -0.2) is 59.0 Å². The second-order valence-electron chi connectivity index (χ2n) is 7.12. The number of carbonyl (C=O) groups is 3. The summed E-state index contributed by atoms with van der Waals surface area (Å²) in [5.74, 6) is -0.522. The number of anilines is 1. The molecule has 1 N–H and O–H groups in total. The number of hydrogen-bond acceptors (Lipinski definition) is 4. The van der Waals surface area contributed by atoms with Crippen LogP contribution in [0.5, 0.6) is 0 Å². The molecule has 2 heterocycles. The summed E-state index contributed by atoms with van der Waals surface area (Å²) in [6.07, 6.45) is -0.475. The number of carbonyl (C=O) groups excluding carboxylic acids is 3. The molecule has 1 aromatic rings. The van der Waals surface area contributed by atoms with Crippen LogP contribution in [0.15, 0.2) is 22.7 Å². The highest BCUT2D eigenvalue weighted by Gasteiger charge is 2.41. The molecule has 134 valence electrons. The lowest BCUT2D eigenvalue weighted by Gasteiger charge is -2.39. The van der Waals surface area contributed by atoms with Gasteiger partial charge in [-0.2, -0.15) is 0 Å². The van der Waals surface area contributed by atoms with Crippen molar-refractivity contribution in [2.24, 2.45) is 0 Å². The van der Waals surface area contributed by atoms with Crippen molar-refractivity contribution < 1.29 is 19.1 Å². The van der Waals surface area contributed by atoms with Crippen LogP contribution < -0.4 is 5.32 Å². The van der Waals surface area contributed by atoms with Crippen LogP contribution in [0.1, 0.15) is 31.1 Å². The summed E-state index contributed by atoms with van der Waals surface area (Å²) in [6.45, 7) is 6.09. The molecule has 2 aliphatic heterocycles. The summed E-state index contributed by atoms with van der Waals surface area (Å²) >= 11 is 3.35. The molecule has 0 radical (unpaired) electrons. The standard InChI is InChI=1S/C17H20BrN3O4/c1-17(2,3)25-16(24)20-6-7-21-13(9-20)14(22)19-12-5-4-10(18)8-11(12)15(21)23/h4-5,8,13H,6-7,9H2,1-3H3,(H,19,22). The maximum absolute atomic E-state index is 12.9. The zero-order valence-corrected chi connectivity index (χ0v) is 15.9. The molecule has 3 amide bonds. The zero-order valence-electron chi connectivity index (χ0n) is 14.3. The van der Waals surface area contributed by atoms with Gasteiger partial charge in [0.2, 0.25) is 5.91 Å². The van der Waals surface area contributed by atoms with Crippen LogP contribution in [0, 0.1) is 0 Å². The van der Waals surface area contributed by atoms with Crippen LogP contribution in [0.25, 0.3) is 0 Å². The van der Waals surface area contributed by atoms with Crippen molar-refractivity contribution >= 4 is 39.5 Å². The molecule has 3 rings (SSSR count). The Kier molecular flexibility index (Phi) is 4.49. The maximum Gasteiger partial charge on any atom is 0.410 e. The highest BCUT2D eigenvalue weighted by atomic mass is 79.9. The second-order valence-corrected chi connectivity index (χ2v) is 8.04. The Morgan fingerprint density at radius 3 is 2.68 bits per heavy atom. The second kappa shape index (κ2) is 6.33. The summed E-state index contributed by atoms with van der Waals surface area (Å²) in [4.78, 5) is 40.7. The monoisotopic (exact) mass is 409 g/mol. The van der Waals surface area contributed by atoms with E-state index in [9.17, 15) is 14.4 Å². The van der Waals surface area contributed by atoms with E-state index >= 15 is 0 Å². The molecule has 1 unspecified atom stereocenters. The molecular formula is C17H20BrN3O4. The topological polar surface area (TPSA) is 79.0 Å². The smallest absolute Gasteiger partial charge is 0.410 e. The molecule has 0 saturated carbocycles. The number of fused-ring (bicyclic) bond motifs is 2. The Balaban J connectivity index is 1.84. The third kappa shape index (κ3) is 3.63. The molecule has 0 bridgehead atoms. The first-order valence-electron chi connectivity index (χ1n) is 8.05. The predicted octanol–water partition coefficient (Wildman–Crippen LogP) is 2.46. The van der Waals surface area contributed by atoms with Crippen LogP contribution in [-0.2, 0) is 9.53 Å². The Morgan fingerprint density at radius 1 is 1.28 bits per heavy atom. The molecule has 0 spiro atoms. The molecule has 1 saturated heterocycles. The van der Waals surface area contributed by atoms with Gasteiger partial charge in [-0.15, -0.1) is 0 Å². The highest BCUT2D eigenvalue weighted by Crippen LogP contribution is 2.28. The van der Waals surface area contributed by atoms with Gasteiger partial charge in [0.05, 0.1) is 17.8 Å². The number of nitrogens with one attached hydrogen (secondary N) is 1. The van der Waals surface area contributed by atoms with Gasteiger partial charge in [0.1, 0.15) is 11.6 Å². The SMILES string of the molecule is CC(C)(C)OC(=O)N1CCN2C(=O)c3cc(Br)ccc3NC(=O)C2C1. The van der Waals surface area contributed by atoms with E-state index in [2.05, 4.69) is 21.2 Å². The molecule has 1 atom stereocenters. The first-order chi connectivity index (χ1) is 11.7. The predicted molar refractivity (Wildman–Crippen MR) is 95.4 cm³/mol. The lowest BCUT2D eigenvalue weighted by atomic mass is 10.1. The summed E-state index contributed by atoms with van der Waals surface area (Å²) in [7, 11) is 0. The number of benzene rings is 1. The van der Waals surface area contributed by atoms with E-state index < -0.39 is 17.7 Å². The van der Waals surface area contributed by atoms with E-state index in [1.54, 1.807) is 39.0 Å². The first-order valence-corrected chi connectivity index (χ1v) is 8.84. The van der Waals surface area contributed by atoms with Crippen molar-refractivity contribution in [1.82, 2.24) is 9.80 Å². The molecule has 1 fully saturated rings.